The second-order valence-electron chi connectivity index (χ2n) is 11.2. The standard InChI is InChI=1S/C32H25F5N4O6/c1-30(2,3)47-29(43)19-8-10-22(11-9-19)44-17-24-23(15-38)27(31(33,34)35)40-41(24)21-6-4-5-20(14-21)28(42)39-16-18-7-12-25-26(13-18)46-32(36,37)45-25/h4-14H,16-17H2,1-3H3,(H,39,42). The van der Waals surface area contributed by atoms with E-state index in [1.165, 1.54) is 66.7 Å². The molecule has 2 heterocycles. The van der Waals surface area contributed by atoms with Crippen LogP contribution in [-0.4, -0.2) is 33.6 Å². The predicted molar refractivity (Wildman–Crippen MR) is 153 cm³/mol. The zero-order chi connectivity index (χ0) is 34.1. The predicted octanol–water partition coefficient (Wildman–Crippen LogP) is 6.55. The summed E-state index contributed by atoms with van der Waals surface area (Å²) >= 11 is 0. The molecule has 0 atom stereocenters. The molecule has 0 radical (unpaired) electrons. The number of esters is 1. The second-order valence-corrected chi connectivity index (χ2v) is 11.2. The van der Waals surface area contributed by atoms with Gasteiger partial charge in [0.25, 0.3) is 5.91 Å². The minimum atomic E-state index is -4.98. The Labute approximate surface area is 264 Å². The Morgan fingerprint density at radius 2 is 1.68 bits per heavy atom. The van der Waals surface area contributed by atoms with Gasteiger partial charge in [0.05, 0.1) is 11.3 Å². The lowest BCUT2D eigenvalue weighted by Gasteiger charge is -2.19. The number of alkyl halides is 5. The highest BCUT2D eigenvalue weighted by Gasteiger charge is 2.43. The Hall–Kier alpha value is -5.65. The lowest BCUT2D eigenvalue weighted by molar-refractivity contribution is -0.286. The van der Waals surface area contributed by atoms with Crippen molar-refractivity contribution in [3.05, 3.63) is 100 Å². The molecule has 0 spiro atoms. The van der Waals surface area contributed by atoms with E-state index in [2.05, 4.69) is 19.9 Å². The van der Waals surface area contributed by atoms with Crippen molar-refractivity contribution in [2.45, 2.75) is 52.0 Å². The van der Waals surface area contributed by atoms with Crippen LogP contribution in [-0.2, 0) is 24.1 Å². The highest BCUT2D eigenvalue weighted by molar-refractivity contribution is 5.94. The molecule has 0 fully saturated rings. The van der Waals surface area contributed by atoms with Gasteiger partial charge in [0.1, 0.15) is 35.3 Å². The van der Waals surface area contributed by atoms with E-state index in [0.717, 1.165) is 4.68 Å². The van der Waals surface area contributed by atoms with Crippen molar-refractivity contribution in [3.8, 4) is 29.0 Å². The molecule has 1 aliphatic heterocycles. The van der Waals surface area contributed by atoms with Crippen molar-refractivity contribution in [2.24, 2.45) is 0 Å². The number of halogens is 5. The highest BCUT2D eigenvalue weighted by atomic mass is 19.4. The molecule has 1 N–H and O–H groups in total. The van der Waals surface area contributed by atoms with Crippen LogP contribution in [0.1, 0.15) is 64.0 Å². The Morgan fingerprint density at radius 1 is 0.979 bits per heavy atom. The van der Waals surface area contributed by atoms with Crippen LogP contribution in [0.25, 0.3) is 5.69 Å². The smallest absolute Gasteiger partial charge is 0.487 e. The largest absolute Gasteiger partial charge is 0.586 e. The van der Waals surface area contributed by atoms with E-state index in [4.69, 9.17) is 9.47 Å². The number of fused-ring (bicyclic) bond motifs is 1. The molecule has 47 heavy (non-hydrogen) atoms. The van der Waals surface area contributed by atoms with Gasteiger partial charge in [-0.2, -0.15) is 23.5 Å². The van der Waals surface area contributed by atoms with E-state index in [9.17, 15) is 36.8 Å². The van der Waals surface area contributed by atoms with Gasteiger partial charge in [-0.3, -0.25) is 4.79 Å². The van der Waals surface area contributed by atoms with Crippen LogP contribution in [0.5, 0.6) is 17.2 Å². The molecule has 15 heteroatoms. The zero-order valence-electron chi connectivity index (χ0n) is 24.9. The molecule has 0 saturated carbocycles. The molecule has 0 unspecified atom stereocenters. The van der Waals surface area contributed by atoms with Gasteiger partial charge >= 0.3 is 18.4 Å². The minimum absolute atomic E-state index is 0.0221. The molecule has 5 rings (SSSR count). The third-order valence-electron chi connectivity index (χ3n) is 6.50. The molecular weight excluding hydrogens is 631 g/mol. The summed E-state index contributed by atoms with van der Waals surface area (Å²) in [5.74, 6) is -1.40. The molecule has 4 aromatic rings. The van der Waals surface area contributed by atoms with Gasteiger partial charge < -0.3 is 24.3 Å². The van der Waals surface area contributed by atoms with Gasteiger partial charge in [0, 0.05) is 12.1 Å². The quantitative estimate of drug-likeness (QED) is 0.167. The number of amides is 1. The number of carbonyl (C=O) groups excluding carboxylic acids is 2. The molecule has 3 aromatic carbocycles. The molecular formula is C32H25F5N4O6. The van der Waals surface area contributed by atoms with Crippen molar-refractivity contribution in [1.82, 2.24) is 15.1 Å². The molecule has 0 aliphatic carbocycles. The molecule has 1 aliphatic rings. The number of nitrogens with zero attached hydrogens (tertiary/aromatic N) is 3. The van der Waals surface area contributed by atoms with Gasteiger partial charge in [-0.1, -0.05) is 12.1 Å². The molecule has 10 nitrogen and oxygen atoms in total. The topological polar surface area (TPSA) is 125 Å². The maximum Gasteiger partial charge on any atom is 0.586 e. The third-order valence-corrected chi connectivity index (χ3v) is 6.50. The first-order valence-electron chi connectivity index (χ1n) is 13.9. The summed E-state index contributed by atoms with van der Waals surface area (Å²) in [5, 5.41) is 15.9. The average molecular weight is 657 g/mol. The fraction of sp³-hybridized carbons (Fsp3) is 0.250. The zero-order valence-corrected chi connectivity index (χ0v) is 24.9. The van der Waals surface area contributed by atoms with E-state index in [1.807, 2.05) is 0 Å². The lowest BCUT2D eigenvalue weighted by atomic mass is 10.1. The fourth-order valence-electron chi connectivity index (χ4n) is 4.46. The average Bonchev–Trinajstić information content (AvgIpc) is 3.53. The first-order valence-corrected chi connectivity index (χ1v) is 13.9. The number of hydrogen-bond acceptors (Lipinski definition) is 8. The number of benzene rings is 3. The number of nitriles is 1. The summed E-state index contributed by atoms with van der Waals surface area (Å²) in [6.45, 7) is 4.51. The molecule has 244 valence electrons. The highest BCUT2D eigenvalue weighted by Crippen LogP contribution is 2.41. The number of aromatic nitrogens is 2. The number of ether oxygens (including phenoxy) is 4. The van der Waals surface area contributed by atoms with E-state index in [1.54, 1.807) is 26.8 Å². The Bertz CT molecular complexity index is 1870. The number of carbonyl (C=O) groups is 2. The first kappa shape index (κ1) is 32.7. The van der Waals surface area contributed by atoms with Gasteiger partial charge in [-0.15, -0.1) is 8.78 Å². The summed E-state index contributed by atoms with van der Waals surface area (Å²) in [4.78, 5) is 25.3. The van der Waals surface area contributed by atoms with Crippen molar-refractivity contribution in [2.75, 3.05) is 0 Å². The van der Waals surface area contributed by atoms with Crippen LogP contribution in [0.15, 0.2) is 66.7 Å². The van der Waals surface area contributed by atoms with Crippen LogP contribution in [0.4, 0.5) is 22.0 Å². The van der Waals surface area contributed by atoms with Crippen molar-refractivity contribution in [1.29, 1.82) is 5.26 Å². The van der Waals surface area contributed by atoms with Crippen LogP contribution in [0.2, 0.25) is 0 Å². The van der Waals surface area contributed by atoms with Crippen LogP contribution in [0, 0.1) is 11.3 Å². The Kier molecular flexibility index (Phi) is 8.55. The summed E-state index contributed by atoms with van der Waals surface area (Å²) in [7, 11) is 0. The number of rotatable bonds is 8. The first-order chi connectivity index (χ1) is 22.0. The van der Waals surface area contributed by atoms with Crippen LogP contribution >= 0.6 is 0 Å². The minimum Gasteiger partial charge on any atom is -0.487 e. The molecule has 1 amide bonds. The van der Waals surface area contributed by atoms with Gasteiger partial charge in [-0.05, 0) is 80.9 Å². The molecule has 1 aromatic heterocycles. The van der Waals surface area contributed by atoms with E-state index < -0.39 is 47.8 Å². The molecule has 0 bridgehead atoms. The van der Waals surface area contributed by atoms with E-state index in [0.29, 0.717) is 5.56 Å². The van der Waals surface area contributed by atoms with E-state index >= 15 is 0 Å². The van der Waals surface area contributed by atoms with E-state index in [-0.39, 0.29) is 46.3 Å². The maximum atomic E-state index is 13.9. The third kappa shape index (κ3) is 7.60. The van der Waals surface area contributed by atoms with Crippen LogP contribution < -0.4 is 19.5 Å². The van der Waals surface area contributed by atoms with Crippen molar-refractivity contribution < 1.29 is 50.5 Å². The molecule has 0 saturated heterocycles. The number of hydrogen-bond donors (Lipinski definition) is 1. The SMILES string of the molecule is CC(C)(C)OC(=O)c1ccc(OCc2c(C#N)c(C(F)(F)F)nn2-c2cccc(C(=O)NCc3ccc4c(c3)OC(F)(F)O4)c2)cc1. The van der Waals surface area contributed by atoms with Crippen molar-refractivity contribution >= 4 is 11.9 Å². The van der Waals surface area contributed by atoms with Gasteiger partial charge in [0.2, 0.25) is 0 Å². The lowest BCUT2D eigenvalue weighted by Crippen LogP contribution is -2.26. The summed E-state index contributed by atoms with van der Waals surface area (Å²) in [6, 6.07) is 16.7. The van der Waals surface area contributed by atoms with Gasteiger partial charge in [-0.25, -0.2) is 9.48 Å². The number of nitrogens with one attached hydrogen (secondary N) is 1. The van der Waals surface area contributed by atoms with Gasteiger partial charge in [0.15, 0.2) is 17.2 Å². The Morgan fingerprint density at radius 3 is 2.34 bits per heavy atom. The normalized spacial score (nSPS) is 13.5. The second kappa shape index (κ2) is 12.3. The Balaban J connectivity index is 1.36. The summed E-state index contributed by atoms with van der Waals surface area (Å²) < 4.78 is 89.0. The maximum absolute atomic E-state index is 13.9. The summed E-state index contributed by atoms with van der Waals surface area (Å²) in [5.41, 5.74) is -2.49. The van der Waals surface area contributed by atoms with Crippen molar-refractivity contribution in [3.63, 3.8) is 0 Å². The van der Waals surface area contributed by atoms with Crippen LogP contribution in [0.3, 0.4) is 0 Å². The summed E-state index contributed by atoms with van der Waals surface area (Å²) in [6.07, 6.45) is -8.78. The fourth-order valence-corrected chi connectivity index (χ4v) is 4.46. The monoisotopic (exact) mass is 656 g/mol.